The second-order valence-electron chi connectivity index (χ2n) is 4.93. The van der Waals surface area contributed by atoms with Crippen LogP contribution in [0.1, 0.15) is 11.3 Å². The maximum Gasteiger partial charge on any atom is 0.202 e. The SMILES string of the molecule is N=C(c1nonc1NCc1ccncc1)N(O)c1ccc(F)c(Br)c1. The van der Waals surface area contributed by atoms with Crippen LogP contribution in [0.4, 0.5) is 15.9 Å². The van der Waals surface area contributed by atoms with E-state index in [9.17, 15) is 9.60 Å². The molecule has 8 nitrogen and oxygen atoms in total. The van der Waals surface area contributed by atoms with E-state index >= 15 is 0 Å². The minimum Gasteiger partial charge on any atom is -0.361 e. The van der Waals surface area contributed by atoms with Crippen LogP contribution in [-0.4, -0.2) is 26.3 Å². The average molecular weight is 407 g/mol. The van der Waals surface area contributed by atoms with E-state index in [2.05, 4.69) is 41.2 Å². The highest BCUT2D eigenvalue weighted by atomic mass is 79.9. The molecule has 0 bridgehead atoms. The third kappa shape index (κ3) is 3.80. The van der Waals surface area contributed by atoms with Gasteiger partial charge in [0.15, 0.2) is 11.5 Å². The van der Waals surface area contributed by atoms with Gasteiger partial charge in [0.2, 0.25) is 5.82 Å². The molecule has 3 rings (SSSR count). The summed E-state index contributed by atoms with van der Waals surface area (Å²) in [6.07, 6.45) is 3.31. The van der Waals surface area contributed by atoms with Gasteiger partial charge in [-0.2, -0.15) is 0 Å². The Morgan fingerprint density at radius 2 is 2.04 bits per heavy atom. The standard InChI is InChI=1S/C15H12BrFN6O2/c16-11-7-10(1-2-12(11)17)23(24)14(18)13-15(22-25-21-13)20-8-9-3-5-19-6-4-9/h1-7,18,24H,8H2,(H,20,22). The number of anilines is 2. The van der Waals surface area contributed by atoms with E-state index in [4.69, 9.17) is 5.41 Å². The molecule has 25 heavy (non-hydrogen) atoms. The summed E-state index contributed by atoms with van der Waals surface area (Å²) in [5.74, 6) is -0.662. The van der Waals surface area contributed by atoms with Gasteiger partial charge in [-0.1, -0.05) is 0 Å². The van der Waals surface area contributed by atoms with Gasteiger partial charge in [-0.15, -0.1) is 0 Å². The van der Waals surface area contributed by atoms with Crippen LogP contribution in [-0.2, 0) is 6.54 Å². The van der Waals surface area contributed by atoms with Crippen molar-refractivity contribution in [2.24, 2.45) is 0 Å². The van der Waals surface area contributed by atoms with Gasteiger partial charge in [-0.05, 0) is 62.1 Å². The largest absolute Gasteiger partial charge is 0.361 e. The molecule has 3 N–H and O–H groups in total. The summed E-state index contributed by atoms with van der Waals surface area (Å²) in [5, 5.41) is 29.2. The highest BCUT2D eigenvalue weighted by molar-refractivity contribution is 9.10. The Morgan fingerprint density at radius 3 is 2.76 bits per heavy atom. The molecular weight excluding hydrogens is 395 g/mol. The Labute approximate surface area is 149 Å². The van der Waals surface area contributed by atoms with E-state index in [1.165, 1.54) is 18.2 Å². The number of benzene rings is 1. The van der Waals surface area contributed by atoms with Crippen LogP contribution in [0.25, 0.3) is 0 Å². The molecule has 3 aromatic rings. The van der Waals surface area contributed by atoms with Crippen LogP contribution in [0.15, 0.2) is 51.8 Å². The lowest BCUT2D eigenvalue weighted by molar-refractivity contribution is 0.300. The molecule has 10 heteroatoms. The number of halogens is 2. The summed E-state index contributed by atoms with van der Waals surface area (Å²) in [5.41, 5.74) is 1.14. The molecule has 0 radical (unpaired) electrons. The monoisotopic (exact) mass is 406 g/mol. The van der Waals surface area contributed by atoms with Crippen LogP contribution in [0.5, 0.6) is 0 Å². The lowest BCUT2D eigenvalue weighted by Crippen LogP contribution is -2.28. The van der Waals surface area contributed by atoms with Gasteiger partial charge in [-0.3, -0.25) is 15.6 Å². The molecule has 0 aliphatic carbocycles. The van der Waals surface area contributed by atoms with Crippen LogP contribution in [0.3, 0.4) is 0 Å². The minimum atomic E-state index is -0.480. The zero-order valence-corrected chi connectivity index (χ0v) is 14.2. The van der Waals surface area contributed by atoms with E-state index in [-0.39, 0.29) is 27.5 Å². The summed E-state index contributed by atoms with van der Waals surface area (Å²) in [6.45, 7) is 0.407. The molecular formula is C15H12BrFN6O2. The van der Waals surface area contributed by atoms with Crippen molar-refractivity contribution in [1.29, 1.82) is 5.41 Å². The Bertz CT molecular complexity index is 889. The highest BCUT2D eigenvalue weighted by Gasteiger charge is 2.21. The topological polar surface area (TPSA) is 111 Å². The molecule has 0 fully saturated rings. The fourth-order valence-electron chi connectivity index (χ4n) is 1.99. The fraction of sp³-hybridized carbons (Fsp3) is 0.0667. The number of pyridine rings is 1. The molecule has 0 amide bonds. The first kappa shape index (κ1) is 17.0. The molecule has 128 valence electrons. The van der Waals surface area contributed by atoms with Gasteiger partial charge in [0.25, 0.3) is 0 Å². The minimum absolute atomic E-state index is 0.0111. The molecule has 2 heterocycles. The lowest BCUT2D eigenvalue weighted by atomic mass is 10.2. The lowest BCUT2D eigenvalue weighted by Gasteiger charge is -2.16. The van der Waals surface area contributed by atoms with Crippen molar-refractivity contribution in [3.8, 4) is 0 Å². The van der Waals surface area contributed by atoms with Gasteiger partial charge in [0.05, 0.1) is 10.2 Å². The van der Waals surface area contributed by atoms with Gasteiger partial charge in [0, 0.05) is 18.9 Å². The first-order chi connectivity index (χ1) is 12.1. The predicted molar refractivity (Wildman–Crippen MR) is 91.1 cm³/mol. The first-order valence-electron chi connectivity index (χ1n) is 7.04. The summed E-state index contributed by atoms with van der Waals surface area (Å²) in [4.78, 5) is 3.93. The van der Waals surface area contributed by atoms with Gasteiger partial charge >= 0.3 is 0 Å². The number of hydrogen-bond acceptors (Lipinski definition) is 7. The molecule has 2 aromatic heterocycles. The summed E-state index contributed by atoms with van der Waals surface area (Å²) in [7, 11) is 0. The molecule has 0 unspecified atom stereocenters. The van der Waals surface area contributed by atoms with Crippen LogP contribution in [0, 0.1) is 11.2 Å². The van der Waals surface area contributed by atoms with Gasteiger partial charge < -0.3 is 5.32 Å². The molecule has 0 saturated carbocycles. The van der Waals surface area contributed by atoms with Crippen LogP contribution < -0.4 is 10.4 Å². The molecule has 0 atom stereocenters. The predicted octanol–water partition coefficient (Wildman–Crippen LogP) is 3.20. The van der Waals surface area contributed by atoms with Crippen molar-refractivity contribution in [2.75, 3.05) is 10.4 Å². The smallest absolute Gasteiger partial charge is 0.202 e. The van der Waals surface area contributed by atoms with Crippen molar-refractivity contribution in [1.82, 2.24) is 15.3 Å². The number of nitrogens with one attached hydrogen (secondary N) is 2. The van der Waals surface area contributed by atoms with E-state index in [1.807, 2.05) is 12.1 Å². The number of hydroxylamine groups is 1. The number of aromatic nitrogens is 3. The van der Waals surface area contributed by atoms with E-state index in [0.29, 0.717) is 11.6 Å². The summed E-state index contributed by atoms with van der Waals surface area (Å²) >= 11 is 3.03. The maximum atomic E-state index is 13.3. The maximum absolute atomic E-state index is 13.3. The van der Waals surface area contributed by atoms with Crippen molar-refractivity contribution >= 4 is 33.3 Å². The van der Waals surface area contributed by atoms with Gasteiger partial charge in [0.1, 0.15) is 5.82 Å². The van der Waals surface area contributed by atoms with E-state index < -0.39 is 5.82 Å². The third-order valence-electron chi connectivity index (χ3n) is 3.28. The van der Waals surface area contributed by atoms with Gasteiger partial charge in [-0.25, -0.2) is 14.1 Å². The Kier molecular flexibility index (Phi) is 5.00. The van der Waals surface area contributed by atoms with Crippen molar-refractivity contribution < 1.29 is 14.2 Å². The third-order valence-corrected chi connectivity index (χ3v) is 3.89. The number of nitrogens with zero attached hydrogens (tertiary/aromatic N) is 4. The van der Waals surface area contributed by atoms with Crippen LogP contribution >= 0.6 is 15.9 Å². The molecule has 0 saturated heterocycles. The normalized spacial score (nSPS) is 10.5. The average Bonchev–Trinajstić information content (AvgIpc) is 3.10. The Morgan fingerprint density at radius 1 is 1.28 bits per heavy atom. The molecule has 0 aliphatic heterocycles. The molecule has 1 aromatic carbocycles. The highest BCUT2D eigenvalue weighted by Crippen LogP contribution is 2.24. The fourth-order valence-corrected chi connectivity index (χ4v) is 2.36. The zero-order chi connectivity index (χ0) is 17.8. The number of amidine groups is 1. The zero-order valence-electron chi connectivity index (χ0n) is 12.6. The Hall–Kier alpha value is -2.85. The Balaban J connectivity index is 1.76. The van der Waals surface area contributed by atoms with Crippen molar-refractivity contribution in [3.05, 3.63) is 64.3 Å². The second kappa shape index (κ2) is 7.36. The summed E-state index contributed by atoms with van der Waals surface area (Å²) < 4.78 is 18.1. The summed E-state index contributed by atoms with van der Waals surface area (Å²) in [6, 6.07) is 7.47. The first-order valence-corrected chi connectivity index (χ1v) is 7.84. The van der Waals surface area contributed by atoms with Crippen molar-refractivity contribution in [2.45, 2.75) is 6.54 Å². The molecule has 0 spiro atoms. The second-order valence-corrected chi connectivity index (χ2v) is 5.78. The number of rotatable bonds is 5. The number of hydrogen-bond donors (Lipinski definition) is 3. The van der Waals surface area contributed by atoms with E-state index in [0.717, 1.165) is 5.56 Å². The van der Waals surface area contributed by atoms with E-state index in [1.54, 1.807) is 12.4 Å². The van der Waals surface area contributed by atoms with Crippen LogP contribution in [0.2, 0.25) is 0 Å². The quantitative estimate of drug-likeness (QED) is 0.338. The van der Waals surface area contributed by atoms with Crippen molar-refractivity contribution in [3.63, 3.8) is 0 Å². The molecule has 0 aliphatic rings.